The molecule has 0 radical (unpaired) electrons. The van der Waals surface area contributed by atoms with Crippen LogP contribution in [0, 0.1) is 0 Å². The standard InChI is InChI=1S/C14H20N2O2/c17-14(9-11-3-1-7-15-11)16(12-5-6-12)10-13-4-2-8-18-13/h2,4,8,11-12,15H,1,3,5-7,9-10H2. The maximum Gasteiger partial charge on any atom is 0.224 e. The average molecular weight is 248 g/mol. The fraction of sp³-hybridized carbons (Fsp3) is 0.643. The molecule has 0 aromatic carbocycles. The van der Waals surface area contributed by atoms with E-state index in [-0.39, 0.29) is 5.91 Å². The minimum Gasteiger partial charge on any atom is -0.467 e. The molecule has 0 bridgehead atoms. The van der Waals surface area contributed by atoms with Crippen LogP contribution in [0.1, 0.15) is 37.9 Å². The van der Waals surface area contributed by atoms with Crippen LogP contribution in [-0.2, 0) is 11.3 Å². The molecule has 2 fully saturated rings. The lowest BCUT2D eigenvalue weighted by Crippen LogP contribution is -2.36. The number of amides is 1. The van der Waals surface area contributed by atoms with Gasteiger partial charge < -0.3 is 14.6 Å². The molecule has 1 aromatic heterocycles. The van der Waals surface area contributed by atoms with Crippen molar-refractivity contribution in [3.05, 3.63) is 24.2 Å². The zero-order valence-corrected chi connectivity index (χ0v) is 10.6. The summed E-state index contributed by atoms with van der Waals surface area (Å²) in [5.41, 5.74) is 0. The zero-order chi connectivity index (χ0) is 12.4. The van der Waals surface area contributed by atoms with E-state index in [0.717, 1.165) is 31.6 Å². The van der Waals surface area contributed by atoms with Gasteiger partial charge in [0.15, 0.2) is 0 Å². The molecule has 0 spiro atoms. The zero-order valence-electron chi connectivity index (χ0n) is 10.6. The van der Waals surface area contributed by atoms with E-state index in [2.05, 4.69) is 5.32 Å². The monoisotopic (exact) mass is 248 g/mol. The van der Waals surface area contributed by atoms with Crippen LogP contribution in [0.5, 0.6) is 0 Å². The Bertz CT molecular complexity index is 392. The number of nitrogens with one attached hydrogen (secondary N) is 1. The van der Waals surface area contributed by atoms with E-state index >= 15 is 0 Å². The van der Waals surface area contributed by atoms with Gasteiger partial charge in [-0.15, -0.1) is 0 Å². The summed E-state index contributed by atoms with van der Waals surface area (Å²) in [5.74, 6) is 1.16. The number of hydrogen-bond acceptors (Lipinski definition) is 3. The molecule has 1 unspecified atom stereocenters. The first-order chi connectivity index (χ1) is 8.83. The Labute approximate surface area is 107 Å². The number of nitrogens with zero attached hydrogens (tertiary/aromatic N) is 1. The number of hydrogen-bond donors (Lipinski definition) is 1. The SMILES string of the molecule is O=C(CC1CCCN1)N(Cc1ccco1)C1CC1. The Morgan fingerprint density at radius 1 is 1.44 bits per heavy atom. The van der Waals surface area contributed by atoms with Crippen molar-refractivity contribution < 1.29 is 9.21 Å². The lowest BCUT2D eigenvalue weighted by atomic mass is 10.1. The Morgan fingerprint density at radius 3 is 2.94 bits per heavy atom. The van der Waals surface area contributed by atoms with Gasteiger partial charge in [-0.2, -0.15) is 0 Å². The van der Waals surface area contributed by atoms with Crippen molar-refractivity contribution in [2.75, 3.05) is 6.54 Å². The van der Waals surface area contributed by atoms with Crippen LogP contribution >= 0.6 is 0 Å². The third-order valence-corrected chi connectivity index (χ3v) is 3.80. The predicted molar refractivity (Wildman–Crippen MR) is 67.9 cm³/mol. The Kier molecular flexibility index (Phi) is 3.37. The maximum absolute atomic E-state index is 12.4. The first-order valence-corrected chi connectivity index (χ1v) is 6.88. The van der Waals surface area contributed by atoms with Gasteiger partial charge >= 0.3 is 0 Å². The van der Waals surface area contributed by atoms with Crippen molar-refractivity contribution in [2.24, 2.45) is 0 Å². The van der Waals surface area contributed by atoms with Gasteiger partial charge in [-0.1, -0.05) is 0 Å². The Balaban J connectivity index is 1.60. The summed E-state index contributed by atoms with van der Waals surface area (Å²) >= 11 is 0. The van der Waals surface area contributed by atoms with Gasteiger partial charge in [0.05, 0.1) is 12.8 Å². The van der Waals surface area contributed by atoms with E-state index in [4.69, 9.17) is 4.42 Å². The maximum atomic E-state index is 12.4. The molecular formula is C14H20N2O2. The fourth-order valence-corrected chi connectivity index (χ4v) is 2.64. The van der Waals surface area contributed by atoms with Crippen LogP contribution < -0.4 is 5.32 Å². The second kappa shape index (κ2) is 5.14. The Morgan fingerprint density at radius 2 is 2.33 bits per heavy atom. The second-order valence-corrected chi connectivity index (χ2v) is 5.33. The van der Waals surface area contributed by atoms with Gasteiger partial charge in [0, 0.05) is 18.5 Å². The molecule has 4 nitrogen and oxygen atoms in total. The fourth-order valence-electron chi connectivity index (χ4n) is 2.64. The molecule has 2 heterocycles. The third-order valence-electron chi connectivity index (χ3n) is 3.80. The summed E-state index contributed by atoms with van der Waals surface area (Å²) in [5, 5.41) is 3.39. The van der Waals surface area contributed by atoms with Gasteiger partial charge in [-0.05, 0) is 44.4 Å². The molecule has 1 amide bonds. The third kappa shape index (κ3) is 2.75. The van der Waals surface area contributed by atoms with Gasteiger partial charge in [0.25, 0.3) is 0 Å². The first-order valence-electron chi connectivity index (χ1n) is 6.88. The normalized spacial score (nSPS) is 23.2. The highest BCUT2D eigenvalue weighted by atomic mass is 16.3. The summed E-state index contributed by atoms with van der Waals surface area (Å²) in [6.07, 6.45) is 6.92. The number of furan rings is 1. The van der Waals surface area contributed by atoms with Crippen molar-refractivity contribution in [1.29, 1.82) is 0 Å². The van der Waals surface area contributed by atoms with E-state index in [1.807, 2.05) is 17.0 Å². The number of rotatable bonds is 5. The molecule has 1 aliphatic heterocycles. The molecule has 1 aliphatic carbocycles. The van der Waals surface area contributed by atoms with E-state index in [9.17, 15) is 4.79 Å². The highest BCUT2D eigenvalue weighted by molar-refractivity contribution is 5.77. The van der Waals surface area contributed by atoms with Gasteiger partial charge in [-0.25, -0.2) is 0 Å². The molecule has 1 atom stereocenters. The quantitative estimate of drug-likeness (QED) is 0.865. The highest BCUT2D eigenvalue weighted by Crippen LogP contribution is 2.29. The highest BCUT2D eigenvalue weighted by Gasteiger charge is 2.34. The molecule has 1 N–H and O–H groups in total. The van der Waals surface area contributed by atoms with Crippen LogP contribution in [0.4, 0.5) is 0 Å². The molecule has 1 saturated carbocycles. The summed E-state index contributed by atoms with van der Waals surface area (Å²) in [6, 6.07) is 4.65. The van der Waals surface area contributed by atoms with Crippen LogP contribution in [0.25, 0.3) is 0 Å². The summed E-state index contributed by atoms with van der Waals surface area (Å²) in [6.45, 7) is 1.68. The van der Waals surface area contributed by atoms with E-state index in [0.29, 0.717) is 25.0 Å². The smallest absolute Gasteiger partial charge is 0.224 e. The summed E-state index contributed by atoms with van der Waals surface area (Å²) in [4.78, 5) is 14.4. The topological polar surface area (TPSA) is 45.5 Å². The molecule has 2 aliphatic rings. The van der Waals surface area contributed by atoms with Gasteiger partial charge in [0.2, 0.25) is 5.91 Å². The second-order valence-electron chi connectivity index (χ2n) is 5.33. The lowest BCUT2D eigenvalue weighted by molar-refractivity contribution is -0.133. The number of carbonyl (C=O) groups is 1. The minimum absolute atomic E-state index is 0.272. The molecule has 18 heavy (non-hydrogen) atoms. The molecule has 1 aromatic rings. The van der Waals surface area contributed by atoms with Gasteiger partial charge in [-0.3, -0.25) is 4.79 Å². The van der Waals surface area contributed by atoms with Crippen molar-refractivity contribution in [2.45, 2.75) is 50.7 Å². The molecule has 3 rings (SSSR count). The van der Waals surface area contributed by atoms with E-state index in [1.54, 1.807) is 6.26 Å². The summed E-state index contributed by atoms with van der Waals surface area (Å²) < 4.78 is 5.35. The van der Waals surface area contributed by atoms with Crippen LogP contribution in [0.2, 0.25) is 0 Å². The van der Waals surface area contributed by atoms with E-state index < -0.39 is 0 Å². The largest absolute Gasteiger partial charge is 0.467 e. The van der Waals surface area contributed by atoms with Crippen molar-refractivity contribution in [3.8, 4) is 0 Å². The van der Waals surface area contributed by atoms with Crippen molar-refractivity contribution in [1.82, 2.24) is 10.2 Å². The van der Waals surface area contributed by atoms with Crippen LogP contribution in [-0.4, -0.2) is 29.4 Å². The molecular weight excluding hydrogens is 228 g/mol. The number of carbonyl (C=O) groups excluding carboxylic acids is 1. The van der Waals surface area contributed by atoms with Crippen molar-refractivity contribution in [3.63, 3.8) is 0 Å². The van der Waals surface area contributed by atoms with E-state index in [1.165, 1.54) is 6.42 Å². The lowest BCUT2D eigenvalue weighted by Gasteiger charge is -2.23. The molecule has 4 heteroatoms. The molecule has 1 saturated heterocycles. The average Bonchev–Trinajstić information content (AvgIpc) is 2.87. The van der Waals surface area contributed by atoms with Crippen molar-refractivity contribution >= 4 is 5.91 Å². The first kappa shape index (κ1) is 11.8. The van der Waals surface area contributed by atoms with Gasteiger partial charge in [0.1, 0.15) is 5.76 Å². The van der Waals surface area contributed by atoms with Crippen LogP contribution in [0.15, 0.2) is 22.8 Å². The predicted octanol–water partition coefficient (Wildman–Crippen LogP) is 1.91. The summed E-state index contributed by atoms with van der Waals surface area (Å²) in [7, 11) is 0. The van der Waals surface area contributed by atoms with Crippen LogP contribution in [0.3, 0.4) is 0 Å². The Hall–Kier alpha value is -1.29. The minimum atomic E-state index is 0.272. The molecule has 98 valence electrons.